The number of hydrogen-bond donors (Lipinski definition) is 3. The number of urea groups is 1. The smallest absolute Gasteiger partial charge is 0.337 e. The van der Waals surface area contributed by atoms with Crippen LogP contribution in [0.3, 0.4) is 0 Å². The summed E-state index contributed by atoms with van der Waals surface area (Å²) in [5, 5.41) is 14.7. The van der Waals surface area contributed by atoms with Crippen LogP contribution in [0.5, 0.6) is 5.75 Å². The Bertz CT molecular complexity index is 964. The summed E-state index contributed by atoms with van der Waals surface area (Å²) in [6.45, 7) is 0. The number of rotatable bonds is 4. The fourth-order valence-electron chi connectivity index (χ4n) is 2.52. The van der Waals surface area contributed by atoms with E-state index in [2.05, 4.69) is 15.6 Å². The second-order valence-electron chi connectivity index (χ2n) is 5.36. The van der Waals surface area contributed by atoms with Crippen LogP contribution >= 0.6 is 0 Å². The van der Waals surface area contributed by atoms with Crippen LogP contribution < -0.4 is 15.4 Å². The maximum atomic E-state index is 12.2. The number of hydrogen-bond acceptors (Lipinski definition) is 4. The van der Waals surface area contributed by atoms with E-state index in [9.17, 15) is 14.7 Å². The van der Waals surface area contributed by atoms with Gasteiger partial charge in [0.25, 0.3) is 0 Å². The molecule has 0 saturated carbocycles. The van der Waals surface area contributed by atoms with Crippen molar-refractivity contribution >= 4 is 34.4 Å². The summed E-state index contributed by atoms with van der Waals surface area (Å²) >= 11 is 0. The Morgan fingerprint density at radius 3 is 2.64 bits per heavy atom. The van der Waals surface area contributed by atoms with Crippen LogP contribution in [0.15, 0.2) is 42.7 Å². The second-order valence-corrected chi connectivity index (χ2v) is 5.36. The molecule has 2 amide bonds. The summed E-state index contributed by atoms with van der Waals surface area (Å²) in [7, 11) is 3.25. The number of nitrogens with zero attached hydrogens (tertiary/aromatic N) is 2. The van der Waals surface area contributed by atoms with Crippen molar-refractivity contribution in [2.24, 2.45) is 7.05 Å². The number of carbonyl (C=O) groups is 2. The Morgan fingerprint density at radius 1 is 1.16 bits per heavy atom. The van der Waals surface area contributed by atoms with Gasteiger partial charge in [0.2, 0.25) is 0 Å². The molecule has 0 aliphatic heterocycles. The fourth-order valence-corrected chi connectivity index (χ4v) is 2.52. The minimum Gasteiger partial charge on any atom is -0.497 e. The molecule has 25 heavy (non-hydrogen) atoms. The van der Waals surface area contributed by atoms with Gasteiger partial charge in [-0.15, -0.1) is 0 Å². The van der Waals surface area contributed by atoms with E-state index < -0.39 is 12.0 Å². The molecule has 3 N–H and O–H groups in total. The molecule has 0 radical (unpaired) electrons. The Balaban J connectivity index is 1.84. The number of fused-ring (bicyclic) bond motifs is 1. The predicted molar refractivity (Wildman–Crippen MR) is 93.3 cm³/mol. The standard InChI is InChI=1S/C17H16N4O4/c1-21-9-18-14-8-11(7-13(15(14)21)16(22)23)20-17(24)19-10-4-3-5-12(6-10)25-2/h3-9H,1-2H3,(H,22,23)(H2,19,20,24). The van der Waals surface area contributed by atoms with Crippen molar-refractivity contribution < 1.29 is 19.4 Å². The average Bonchev–Trinajstić information content (AvgIpc) is 2.95. The minimum absolute atomic E-state index is 0.0641. The number of carboxylic acids is 1. The highest BCUT2D eigenvalue weighted by Crippen LogP contribution is 2.23. The molecule has 8 heteroatoms. The molecule has 0 aliphatic carbocycles. The van der Waals surface area contributed by atoms with Gasteiger partial charge in [0.15, 0.2) is 0 Å². The van der Waals surface area contributed by atoms with Crippen LogP contribution in [0.2, 0.25) is 0 Å². The highest BCUT2D eigenvalue weighted by molar-refractivity contribution is 6.06. The predicted octanol–water partition coefficient (Wildman–Crippen LogP) is 2.92. The lowest BCUT2D eigenvalue weighted by Crippen LogP contribution is -2.19. The summed E-state index contributed by atoms with van der Waals surface area (Å²) < 4.78 is 6.72. The van der Waals surface area contributed by atoms with Crippen LogP contribution in [0.1, 0.15) is 10.4 Å². The van der Waals surface area contributed by atoms with Crippen molar-refractivity contribution in [3.63, 3.8) is 0 Å². The topological polar surface area (TPSA) is 105 Å². The summed E-state index contributed by atoms with van der Waals surface area (Å²) in [5.41, 5.74) is 1.93. The van der Waals surface area contributed by atoms with Gasteiger partial charge in [0.05, 0.1) is 30.0 Å². The van der Waals surface area contributed by atoms with Gasteiger partial charge in [0, 0.05) is 24.5 Å². The SMILES string of the molecule is COc1cccc(NC(=O)Nc2cc(C(=O)O)c3c(c2)ncn3C)c1. The highest BCUT2D eigenvalue weighted by atomic mass is 16.5. The first-order valence-electron chi connectivity index (χ1n) is 7.38. The van der Waals surface area contributed by atoms with Crippen LogP contribution in [-0.2, 0) is 7.05 Å². The number of amides is 2. The van der Waals surface area contributed by atoms with Crippen molar-refractivity contribution in [3.05, 3.63) is 48.3 Å². The maximum absolute atomic E-state index is 12.2. The normalized spacial score (nSPS) is 10.5. The first kappa shape index (κ1) is 16.3. The quantitative estimate of drug-likeness (QED) is 0.677. The number of aryl methyl sites for hydroxylation is 1. The van der Waals surface area contributed by atoms with E-state index in [1.165, 1.54) is 19.5 Å². The third kappa shape index (κ3) is 3.37. The third-order valence-corrected chi connectivity index (χ3v) is 3.63. The Kier molecular flexibility index (Phi) is 4.25. The number of anilines is 2. The van der Waals surface area contributed by atoms with Gasteiger partial charge in [-0.1, -0.05) is 6.07 Å². The second kappa shape index (κ2) is 6.52. The molecule has 0 atom stereocenters. The van der Waals surface area contributed by atoms with E-state index in [1.807, 2.05) is 0 Å². The zero-order valence-electron chi connectivity index (χ0n) is 13.6. The number of aromatic carboxylic acids is 1. The lowest BCUT2D eigenvalue weighted by atomic mass is 10.1. The van der Waals surface area contributed by atoms with Gasteiger partial charge in [-0.25, -0.2) is 14.6 Å². The van der Waals surface area contributed by atoms with E-state index >= 15 is 0 Å². The number of carboxylic acid groups (broad SMARTS) is 1. The summed E-state index contributed by atoms with van der Waals surface area (Å²) in [6.07, 6.45) is 1.53. The van der Waals surface area contributed by atoms with Crippen molar-refractivity contribution in [1.82, 2.24) is 9.55 Å². The van der Waals surface area contributed by atoms with Crippen LogP contribution in [-0.4, -0.2) is 33.8 Å². The molecule has 128 valence electrons. The average molecular weight is 340 g/mol. The molecular weight excluding hydrogens is 324 g/mol. The van der Waals surface area contributed by atoms with Gasteiger partial charge >= 0.3 is 12.0 Å². The molecule has 0 spiro atoms. The molecule has 0 bridgehead atoms. The van der Waals surface area contributed by atoms with Crippen LogP contribution in [0.4, 0.5) is 16.2 Å². The number of nitrogens with one attached hydrogen (secondary N) is 2. The van der Waals surface area contributed by atoms with Gasteiger partial charge < -0.3 is 25.0 Å². The Hall–Kier alpha value is -3.55. The number of aromatic nitrogens is 2. The molecule has 8 nitrogen and oxygen atoms in total. The first-order valence-corrected chi connectivity index (χ1v) is 7.38. The van der Waals surface area contributed by atoms with E-state index in [4.69, 9.17) is 4.74 Å². The van der Waals surface area contributed by atoms with Crippen molar-refractivity contribution in [1.29, 1.82) is 0 Å². The molecule has 2 aromatic carbocycles. The fraction of sp³-hybridized carbons (Fsp3) is 0.118. The number of imidazole rings is 1. The van der Waals surface area contributed by atoms with E-state index in [0.29, 0.717) is 28.2 Å². The van der Waals surface area contributed by atoms with Gasteiger partial charge in [-0.05, 0) is 24.3 Å². The largest absolute Gasteiger partial charge is 0.497 e. The number of carbonyl (C=O) groups excluding carboxylic acids is 1. The van der Waals surface area contributed by atoms with Gasteiger partial charge in [-0.2, -0.15) is 0 Å². The monoisotopic (exact) mass is 340 g/mol. The molecule has 0 fully saturated rings. The zero-order valence-corrected chi connectivity index (χ0v) is 13.6. The summed E-state index contributed by atoms with van der Waals surface area (Å²) in [5.74, 6) is -0.480. The van der Waals surface area contributed by atoms with Gasteiger partial charge in [-0.3, -0.25) is 0 Å². The number of ether oxygens (including phenoxy) is 1. The summed E-state index contributed by atoms with van der Waals surface area (Å²) in [4.78, 5) is 27.8. The van der Waals surface area contributed by atoms with Crippen molar-refractivity contribution in [3.8, 4) is 5.75 Å². The molecule has 0 aliphatic rings. The van der Waals surface area contributed by atoms with E-state index in [1.54, 1.807) is 41.9 Å². The number of methoxy groups -OCH3 is 1. The van der Waals surface area contributed by atoms with Gasteiger partial charge in [0.1, 0.15) is 5.75 Å². The van der Waals surface area contributed by atoms with E-state index in [0.717, 1.165) is 0 Å². The lowest BCUT2D eigenvalue weighted by Gasteiger charge is -2.10. The molecule has 3 rings (SSSR count). The Morgan fingerprint density at radius 2 is 1.92 bits per heavy atom. The number of benzene rings is 2. The molecule has 3 aromatic rings. The summed E-state index contributed by atoms with van der Waals surface area (Å²) in [6, 6.07) is 9.41. The van der Waals surface area contributed by atoms with Crippen molar-refractivity contribution in [2.45, 2.75) is 0 Å². The molecule has 1 heterocycles. The Labute approximate surface area is 143 Å². The van der Waals surface area contributed by atoms with Crippen molar-refractivity contribution in [2.75, 3.05) is 17.7 Å². The van der Waals surface area contributed by atoms with E-state index in [-0.39, 0.29) is 5.56 Å². The minimum atomic E-state index is -1.09. The molecule has 0 saturated heterocycles. The highest BCUT2D eigenvalue weighted by Gasteiger charge is 2.15. The lowest BCUT2D eigenvalue weighted by molar-refractivity contribution is 0.0698. The third-order valence-electron chi connectivity index (χ3n) is 3.63. The first-order chi connectivity index (χ1) is 12.0. The molecule has 0 unspecified atom stereocenters. The zero-order chi connectivity index (χ0) is 18.0. The van der Waals surface area contributed by atoms with Crippen LogP contribution in [0.25, 0.3) is 11.0 Å². The molecular formula is C17H16N4O4. The van der Waals surface area contributed by atoms with Crippen LogP contribution in [0, 0.1) is 0 Å². The maximum Gasteiger partial charge on any atom is 0.337 e. The molecule has 1 aromatic heterocycles.